The molecule has 0 radical (unpaired) electrons. The highest BCUT2D eigenvalue weighted by molar-refractivity contribution is 5.71. The zero-order valence-corrected chi connectivity index (χ0v) is 16.6. The molecule has 0 bridgehead atoms. The molecular formula is C22H17N7O2. The van der Waals surface area contributed by atoms with Crippen LogP contribution in [0.4, 0.5) is 0 Å². The third kappa shape index (κ3) is 2.79. The van der Waals surface area contributed by atoms with Crippen molar-refractivity contribution >= 4 is 16.7 Å². The highest BCUT2D eigenvalue weighted by Gasteiger charge is 2.55. The minimum Gasteiger partial charge on any atom is -0.337 e. The monoisotopic (exact) mass is 411 g/mol. The summed E-state index contributed by atoms with van der Waals surface area (Å²) in [5.41, 5.74) is 3.81. The summed E-state index contributed by atoms with van der Waals surface area (Å²) in [6, 6.07) is 9.85. The van der Waals surface area contributed by atoms with Crippen LogP contribution in [0.3, 0.4) is 0 Å². The van der Waals surface area contributed by atoms with E-state index in [2.05, 4.69) is 32.3 Å². The van der Waals surface area contributed by atoms with Gasteiger partial charge in [0, 0.05) is 13.0 Å². The van der Waals surface area contributed by atoms with E-state index < -0.39 is 0 Å². The zero-order chi connectivity index (χ0) is 21.1. The maximum absolute atomic E-state index is 12.7. The Morgan fingerprint density at radius 1 is 1.23 bits per heavy atom. The average molecular weight is 411 g/mol. The molecule has 6 rings (SSSR count). The molecule has 0 saturated heterocycles. The number of aromatic nitrogens is 6. The molecule has 0 spiro atoms. The standard InChI is InChI=1S/C22H17N7O2/c1-28-10-24-21-19(28)22(30)29(11-25-21)9-17-26-20(27-31-17)18-15-6-14(7-16(15)18)13-4-2-12(8-23)3-5-13/h2-6,10-11,15-16,18H,7,9H2,1H3. The molecule has 152 valence electrons. The first-order valence-corrected chi connectivity index (χ1v) is 10.0. The van der Waals surface area contributed by atoms with E-state index in [0.717, 1.165) is 12.0 Å². The average Bonchev–Trinajstić information content (AvgIpc) is 3.21. The largest absolute Gasteiger partial charge is 0.337 e. The van der Waals surface area contributed by atoms with Crippen molar-refractivity contribution in [2.75, 3.05) is 0 Å². The maximum atomic E-state index is 12.7. The van der Waals surface area contributed by atoms with Crippen LogP contribution in [0.2, 0.25) is 0 Å². The molecule has 9 nitrogen and oxygen atoms in total. The second-order valence-corrected chi connectivity index (χ2v) is 8.10. The summed E-state index contributed by atoms with van der Waals surface area (Å²) < 4.78 is 8.54. The molecule has 1 saturated carbocycles. The van der Waals surface area contributed by atoms with Crippen LogP contribution in [0.5, 0.6) is 0 Å². The molecule has 31 heavy (non-hydrogen) atoms. The van der Waals surface area contributed by atoms with Gasteiger partial charge in [-0.3, -0.25) is 9.36 Å². The van der Waals surface area contributed by atoms with Crippen molar-refractivity contribution in [1.29, 1.82) is 5.26 Å². The second-order valence-electron chi connectivity index (χ2n) is 8.10. The normalized spacial score (nSPS) is 21.7. The van der Waals surface area contributed by atoms with E-state index in [-0.39, 0.29) is 18.0 Å². The van der Waals surface area contributed by atoms with Gasteiger partial charge in [-0.1, -0.05) is 23.4 Å². The molecule has 3 aromatic heterocycles. The summed E-state index contributed by atoms with van der Waals surface area (Å²) in [5.74, 6) is 2.23. The molecular weight excluding hydrogens is 394 g/mol. The predicted molar refractivity (Wildman–Crippen MR) is 110 cm³/mol. The zero-order valence-electron chi connectivity index (χ0n) is 16.6. The van der Waals surface area contributed by atoms with Crippen LogP contribution in [-0.2, 0) is 13.6 Å². The van der Waals surface area contributed by atoms with Crippen LogP contribution < -0.4 is 5.56 Å². The van der Waals surface area contributed by atoms with Crippen molar-refractivity contribution in [2.45, 2.75) is 18.9 Å². The molecule has 2 aliphatic carbocycles. The fourth-order valence-electron chi connectivity index (χ4n) is 4.58. The van der Waals surface area contributed by atoms with E-state index in [0.29, 0.717) is 40.3 Å². The number of hydrogen-bond donors (Lipinski definition) is 0. The lowest BCUT2D eigenvalue weighted by atomic mass is 10.00. The number of imidazole rings is 1. The van der Waals surface area contributed by atoms with E-state index >= 15 is 0 Å². The number of benzene rings is 1. The van der Waals surface area contributed by atoms with E-state index in [9.17, 15) is 4.79 Å². The van der Waals surface area contributed by atoms with Crippen molar-refractivity contribution in [2.24, 2.45) is 18.9 Å². The van der Waals surface area contributed by atoms with Gasteiger partial charge in [0.2, 0.25) is 5.89 Å². The van der Waals surface area contributed by atoms with Gasteiger partial charge >= 0.3 is 0 Å². The summed E-state index contributed by atoms with van der Waals surface area (Å²) in [7, 11) is 1.76. The van der Waals surface area contributed by atoms with Crippen LogP contribution in [-0.4, -0.2) is 29.2 Å². The van der Waals surface area contributed by atoms with Crippen molar-refractivity contribution in [1.82, 2.24) is 29.2 Å². The summed E-state index contributed by atoms with van der Waals surface area (Å²) in [4.78, 5) is 25.6. The fourth-order valence-corrected chi connectivity index (χ4v) is 4.58. The van der Waals surface area contributed by atoms with Gasteiger partial charge in [0.1, 0.15) is 12.9 Å². The van der Waals surface area contributed by atoms with Crippen LogP contribution in [0.1, 0.15) is 35.2 Å². The number of hydrogen-bond acceptors (Lipinski definition) is 7. The number of fused-ring (bicyclic) bond motifs is 2. The maximum Gasteiger partial charge on any atom is 0.280 e. The lowest BCUT2D eigenvalue weighted by molar-refractivity contribution is 0.364. The van der Waals surface area contributed by atoms with Gasteiger partial charge in [-0.05, 0) is 41.5 Å². The smallest absolute Gasteiger partial charge is 0.280 e. The third-order valence-electron chi connectivity index (χ3n) is 6.25. The molecule has 1 aromatic carbocycles. The molecule has 3 unspecified atom stereocenters. The molecule has 0 amide bonds. The van der Waals surface area contributed by atoms with Crippen molar-refractivity contribution in [3.05, 3.63) is 76.2 Å². The topological polar surface area (TPSA) is 115 Å². The molecule has 0 aliphatic heterocycles. The van der Waals surface area contributed by atoms with E-state index in [1.807, 2.05) is 24.3 Å². The van der Waals surface area contributed by atoms with E-state index in [1.54, 1.807) is 17.9 Å². The Morgan fingerprint density at radius 3 is 2.77 bits per heavy atom. The van der Waals surface area contributed by atoms with Gasteiger partial charge in [-0.15, -0.1) is 0 Å². The number of nitriles is 1. The van der Waals surface area contributed by atoms with Crippen molar-refractivity contribution < 1.29 is 4.52 Å². The summed E-state index contributed by atoms with van der Waals surface area (Å²) in [5, 5.41) is 13.1. The molecule has 9 heteroatoms. The van der Waals surface area contributed by atoms with Crippen LogP contribution in [0.15, 0.2) is 52.3 Å². The van der Waals surface area contributed by atoms with Gasteiger partial charge in [-0.25, -0.2) is 9.97 Å². The van der Waals surface area contributed by atoms with Crippen molar-refractivity contribution in [3.8, 4) is 6.07 Å². The van der Waals surface area contributed by atoms with Crippen LogP contribution in [0.25, 0.3) is 16.7 Å². The quantitative estimate of drug-likeness (QED) is 0.506. The van der Waals surface area contributed by atoms with Gasteiger partial charge in [-0.2, -0.15) is 10.2 Å². The fraction of sp³-hybridized carbons (Fsp3) is 0.273. The molecule has 1 fully saturated rings. The summed E-state index contributed by atoms with van der Waals surface area (Å²) in [6.07, 6.45) is 6.28. The van der Waals surface area contributed by atoms with Crippen LogP contribution in [0, 0.1) is 23.2 Å². The minimum absolute atomic E-state index is 0.175. The molecule has 2 aliphatic rings. The minimum atomic E-state index is -0.192. The van der Waals surface area contributed by atoms with Gasteiger partial charge in [0.15, 0.2) is 17.0 Å². The first-order chi connectivity index (χ1) is 15.1. The van der Waals surface area contributed by atoms with Gasteiger partial charge in [0.25, 0.3) is 5.56 Å². The first kappa shape index (κ1) is 17.8. The highest BCUT2D eigenvalue weighted by Crippen LogP contribution is 2.62. The summed E-state index contributed by atoms with van der Waals surface area (Å²) >= 11 is 0. The summed E-state index contributed by atoms with van der Waals surface area (Å²) in [6.45, 7) is 0.175. The van der Waals surface area contributed by atoms with Crippen molar-refractivity contribution in [3.63, 3.8) is 0 Å². The Kier molecular flexibility index (Phi) is 3.71. The van der Waals surface area contributed by atoms with E-state index in [4.69, 9.17) is 9.78 Å². The van der Waals surface area contributed by atoms with Gasteiger partial charge in [0.05, 0.1) is 18.0 Å². The second kappa shape index (κ2) is 6.47. The molecule has 0 N–H and O–H groups in total. The molecule has 3 heterocycles. The SMILES string of the molecule is Cn1cnc2ncn(Cc3nc(C4C5C=C(c6ccc(C#N)cc6)CC54)no3)c(=O)c21. The molecule has 4 aromatic rings. The lowest BCUT2D eigenvalue weighted by Gasteiger charge is -2.05. The number of aryl methyl sites for hydroxylation is 1. The Labute approximate surface area is 176 Å². The van der Waals surface area contributed by atoms with Crippen LogP contribution >= 0.6 is 0 Å². The Hall–Kier alpha value is -4.06. The number of rotatable bonds is 4. The molecule has 3 atom stereocenters. The predicted octanol–water partition coefficient (Wildman–Crippen LogP) is 2.25. The number of nitrogens with zero attached hydrogens (tertiary/aromatic N) is 7. The Bertz CT molecular complexity index is 1450. The highest BCUT2D eigenvalue weighted by atomic mass is 16.5. The number of allylic oxidation sites excluding steroid dienone is 2. The Morgan fingerprint density at radius 2 is 2.03 bits per heavy atom. The lowest BCUT2D eigenvalue weighted by Crippen LogP contribution is -2.22. The van der Waals surface area contributed by atoms with E-state index in [1.165, 1.54) is 16.5 Å². The third-order valence-corrected chi connectivity index (χ3v) is 6.25. The first-order valence-electron chi connectivity index (χ1n) is 10.0. The Balaban J connectivity index is 1.19. The van der Waals surface area contributed by atoms with Gasteiger partial charge < -0.3 is 9.09 Å².